The molecule has 18 heavy (non-hydrogen) atoms. The van der Waals surface area contributed by atoms with Crippen LogP contribution in [-0.4, -0.2) is 27.9 Å². The molecule has 1 saturated carbocycles. The molecule has 4 heteroatoms. The van der Waals surface area contributed by atoms with E-state index in [0.29, 0.717) is 6.04 Å². The third kappa shape index (κ3) is 3.31. The van der Waals surface area contributed by atoms with Gasteiger partial charge in [-0.3, -0.25) is 4.68 Å². The first-order valence-corrected chi connectivity index (χ1v) is 7.39. The highest BCUT2D eigenvalue weighted by Crippen LogP contribution is 2.29. The van der Waals surface area contributed by atoms with Crippen molar-refractivity contribution in [1.29, 1.82) is 0 Å². The normalized spacial score (nSPS) is 18.3. The van der Waals surface area contributed by atoms with E-state index in [9.17, 15) is 0 Å². The Kier molecular flexibility index (Phi) is 5.17. The van der Waals surface area contributed by atoms with Crippen molar-refractivity contribution in [2.24, 2.45) is 5.92 Å². The molecule has 0 aliphatic heterocycles. The maximum Gasteiger partial charge on any atom is 0.138 e. The lowest BCUT2D eigenvalue weighted by Gasteiger charge is -2.22. The summed E-state index contributed by atoms with van der Waals surface area (Å²) in [5.74, 6) is 2.02. The Labute approximate surface area is 110 Å². The summed E-state index contributed by atoms with van der Waals surface area (Å²) < 4.78 is 2.06. The van der Waals surface area contributed by atoms with Gasteiger partial charge in [-0.15, -0.1) is 0 Å². The molecule has 1 aromatic heterocycles. The second kappa shape index (κ2) is 6.88. The average Bonchev–Trinajstić information content (AvgIpc) is 3.03. The highest BCUT2D eigenvalue weighted by Gasteiger charge is 2.23. The summed E-state index contributed by atoms with van der Waals surface area (Å²) in [6.45, 7) is 3.17. The van der Waals surface area contributed by atoms with Gasteiger partial charge in [0.2, 0.25) is 0 Å². The van der Waals surface area contributed by atoms with Gasteiger partial charge in [0, 0.05) is 19.0 Å². The van der Waals surface area contributed by atoms with Crippen molar-refractivity contribution in [2.45, 2.75) is 64.5 Å². The molecule has 0 bridgehead atoms. The van der Waals surface area contributed by atoms with Gasteiger partial charge in [0.25, 0.3) is 0 Å². The molecular formula is C14H26N4. The van der Waals surface area contributed by atoms with Crippen molar-refractivity contribution in [3.8, 4) is 0 Å². The zero-order valence-corrected chi connectivity index (χ0v) is 11.7. The molecular weight excluding hydrogens is 224 g/mol. The van der Waals surface area contributed by atoms with E-state index in [0.717, 1.165) is 31.1 Å². The van der Waals surface area contributed by atoms with Crippen molar-refractivity contribution < 1.29 is 0 Å². The van der Waals surface area contributed by atoms with Crippen LogP contribution in [0.2, 0.25) is 0 Å². The van der Waals surface area contributed by atoms with E-state index in [2.05, 4.69) is 34.1 Å². The van der Waals surface area contributed by atoms with Gasteiger partial charge in [-0.2, -0.15) is 5.10 Å². The fraction of sp³-hybridized carbons (Fsp3) is 0.857. The monoisotopic (exact) mass is 250 g/mol. The molecule has 0 saturated heterocycles. The van der Waals surface area contributed by atoms with E-state index in [1.54, 1.807) is 6.33 Å². The number of nitrogens with zero attached hydrogens (tertiary/aromatic N) is 3. The van der Waals surface area contributed by atoms with Crippen LogP contribution in [0.1, 0.15) is 51.3 Å². The van der Waals surface area contributed by atoms with Crippen molar-refractivity contribution in [3.63, 3.8) is 0 Å². The predicted octanol–water partition coefficient (Wildman–Crippen LogP) is 2.40. The number of nitrogens with one attached hydrogen (secondary N) is 1. The fourth-order valence-electron chi connectivity index (χ4n) is 3.14. The standard InChI is InChI=1S/C14H26N4/c1-3-10-18-14(16-11-17-18)9-8-13(15-2)12-6-4-5-7-12/h11-13,15H,3-10H2,1-2H3. The van der Waals surface area contributed by atoms with Gasteiger partial charge in [-0.05, 0) is 38.6 Å². The second-order valence-electron chi connectivity index (χ2n) is 5.38. The number of hydrogen-bond acceptors (Lipinski definition) is 3. The average molecular weight is 250 g/mol. The lowest BCUT2D eigenvalue weighted by molar-refractivity contribution is 0.355. The number of hydrogen-bond donors (Lipinski definition) is 1. The Balaban J connectivity index is 1.86. The molecule has 0 amide bonds. The summed E-state index contributed by atoms with van der Waals surface area (Å²) in [7, 11) is 2.10. The van der Waals surface area contributed by atoms with Gasteiger partial charge in [0.1, 0.15) is 12.2 Å². The first kappa shape index (κ1) is 13.5. The summed E-state index contributed by atoms with van der Waals surface area (Å²) in [6.07, 6.45) is 10.7. The third-order valence-electron chi connectivity index (χ3n) is 4.15. The minimum absolute atomic E-state index is 0.652. The zero-order valence-electron chi connectivity index (χ0n) is 11.7. The van der Waals surface area contributed by atoms with Gasteiger partial charge in [-0.25, -0.2) is 4.98 Å². The molecule has 102 valence electrons. The van der Waals surface area contributed by atoms with Gasteiger partial charge in [-0.1, -0.05) is 19.8 Å². The van der Waals surface area contributed by atoms with Gasteiger partial charge < -0.3 is 5.32 Å². The molecule has 1 N–H and O–H groups in total. The smallest absolute Gasteiger partial charge is 0.138 e. The first-order chi connectivity index (χ1) is 8.85. The second-order valence-corrected chi connectivity index (χ2v) is 5.38. The summed E-state index contributed by atoms with van der Waals surface area (Å²) in [5, 5.41) is 7.79. The van der Waals surface area contributed by atoms with Crippen molar-refractivity contribution in [2.75, 3.05) is 7.05 Å². The van der Waals surface area contributed by atoms with E-state index in [4.69, 9.17) is 0 Å². The van der Waals surface area contributed by atoms with Crippen LogP contribution in [0.5, 0.6) is 0 Å². The molecule has 0 radical (unpaired) electrons. The Bertz CT molecular complexity index is 341. The van der Waals surface area contributed by atoms with Crippen molar-refractivity contribution in [1.82, 2.24) is 20.1 Å². The molecule has 1 unspecified atom stereocenters. The Morgan fingerprint density at radius 1 is 1.44 bits per heavy atom. The van der Waals surface area contributed by atoms with E-state index >= 15 is 0 Å². The van der Waals surface area contributed by atoms with Gasteiger partial charge in [0.05, 0.1) is 0 Å². The van der Waals surface area contributed by atoms with E-state index in [1.807, 2.05) is 0 Å². The minimum Gasteiger partial charge on any atom is -0.317 e. The van der Waals surface area contributed by atoms with Crippen LogP contribution in [0.25, 0.3) is 0 Å². The van der Waals surface area contributed by atoms with Crippen molar-refractivity contribution in [3.05, 3.63) is 12.2 Å². The SMILES string of the molecule is CCCn1ncnc1CCC(NC)C1CCCC1. The maximum atomic E-state index is 4.39. The molecule has 0 aromatic carbocycles. The highest BCUT2D eigenvalue weighted by molar-refractivity contribution is 4.88. The molecule has 1 heterocycles. The van der Waals surface area contributed by atoms with Crippen LogP contribution < -0.4 is 5.32 Å². The highest BCUT2D eigenvalue weighted by atomic mass is 15.3. The van der Waals surface area contributed by atoms with E-state index in [-0.39, 0.29) is 0 Å². The Hall–Kier alpha value is -0.900. The number of aromatic nitrogens is 3. The summed E-state index contributed by atoms with van der Waals surface area (Å²) >= 11 is 0. The lowest BCUT2D eigenvalue weighted by atomic mass is 9.94. The number of aryl methyl sites for hydroxylation is 2. The van der Waals surface area contributed by atoms with Crippen molar-refractivity contribution >= 4 is 0 Å². The van der Waals surface area contributed by atoms with Gasteiger partial charge in [0.15, 0.2) is 0 Å². The first-order valence-electron chi connectivity index (χ1n) is 7.39. The summed E-state index contributed by atoms with van der Waals surface area (Å²) in [5.41, 5.74) is 0. The maximum absolute atomic E-state index is 4.39. The quantitative estimate of drug-likeness (QED) is 0.808. The van der Waals surface area contributed by atoms with Gasteiger partial charge >= 0.3 is 0 Å². The van der Waals surface area contributed by atoms with Crippen LogP contribution in [-0.2, 0) is 13.0 Å². The largest absolute Gasteiger partial charge is 0.317 e. The molecule has 1 fully saturated rings. The Morgan fingerprint density at radius 3 is 2.89 bits per heavy atom. The molecule has 4 nitrogen and oxygen atoms in total. The molecule has 1 aliphatic rings. The fourth-order valence-corrected chi connectivity index (χ4v) is 3.14. The van der Waals surface area contributed by atoms with E-state index in [1.165, 1.54) is 32.1 Å². The molecule has 0 spiro atoms. The zero-order chi connectivity index (χ0) is 12.8. The topological polar surface area (TPSA) is 42.7 Å². The summed E-state index contributed by atoms with van der Waals surface area (Å²) in [6, 6.07) is 0.652. The molecule has 1 aliphatic carbocycles. The molecule has 1 atom stereocenters. The lowest BCUT2D eigenvalue weighted by Crippen LogP contribution is -2.33. The minimum atomic E-state index is 0.652. The van der Waals surface area contributed by atoms with Crippen LogP contribution >= 0.6 is 0 Å². The summed E-state index contributed by atoms with van der Waals surface area (Å²) in [4.78, 5) is 4.39. The van der Waals surface area contributed by atoms with Crippen LogP contribution in [0, 0.1) is 5.92 Å². The van der Waals surface area contributed by atoms with Crippen LogP contribution in [0.15, 0.2) is 6.33 Å². The van der Waals surface area contributed by atoms with E-state index < -0.39 is 0 Å². The van der Waals surface area contributed by atoms with Crippen LogP contribution in [0.4, 0.5) is 0 Å². The third-order valence-corrected chi connectivity index (χ3v) is 4.15. The Morgan fingerprint density at radius 2 is 2.22 bits per heavy atom. The molecule has 1 aromatic rings. The number of rotatable bonds is 7. The van der Waals surface area contributed by atoms with Crippen LogP contribution in [0.3, 0.4) is 0 Å². The molecule has 2 rings (SSSR count). The predicted molar refractivity (Wildman–Crippen MR) is 73.4 cm³/mol.